The van der Waals surface area contributed by atoms with Crippen LogP contribution >= 0.6 is 0 Å². The molecule has 4 heteroatoms. The van der Waals surface area contributed by atoms with Crippen LogP contribution in [-0.2, 0) is 6.42 Å². The van der Waals surface area contributed by atoms with Crippen LogP contribution in [0, 0.1) is 13.8 Å². The summed E-state index contributed by atoms with van der Waals surface area (Å²) in [6.45, 7) is 10.9. The highest BCUT2D eigenvalue weighted by Gasteiger charge is 2.28. The van der Waals surface area contributed by atoms with E-state index >= 15 is 0 Å². The third kappa shape index (κ3) is 4.04. The summed E-state index contributed by atoms with van der Waals surface area (Å²) in [4.78, 5) is 2.34. The molecule has 1 aliphatic heterocycles. The van der Waals surface area contributed by atoms with Gasteiger partial charge in [-0.05, 0) is 49.4 Å². The molecule has 1 fully saturated rings. The Balaban J connectivity index is 1.87. The Labute approximate surface area is 129 Å². The Bertz CT molecular complexity index is 510. The van der Waals surface area contributed by atoms with Crippen LogP contribution in [0.15, 0.2) is 24.4 Å². The molecule has 3 nitrogen and oxygen atoms in total. The van der Waals surface area contributed by atoms with Gasteiger partial charge >= 0.3 is 0 Å². The summed E-state index contributed by atoms with van der Waals surface area (Å²) in [7, 11) is 5.64. The van der Waals surface area contributed by atoms with E-state index in [9.17, 15) is 0 Å². The van der Waals surface area contributed by atoms with Crippen molar-refractivity contribution >= 4 is 7.85 Å². The Hall–Kier alpha value is -1.42. The predicted octanol–water partition coefficient (Wildman–Crippen LogP) is 2.36. The van der Waals surface area contributed by atoms with E-state index in [1.54, 1.807) is 0 Å². The molecule has 1 aliphatic rings. The van der Waals surface area contributed by atoms with Gasteiger partial charge in [0.15, 0.2) is 0 Å². The molecule has 2 radical (unpaired) electrons. The molecule has 1 aromatic carbocycles. The summed E-state index contributed by atoms with van der Waals surface area (Å²) in [5, 5.41) is 0. The van der Waals surface area contributed by atoms with Crippen LogP contribution in [0.3, 0.4) is 0 Å². The number of aryl methyl sites for hydroxylation is 1. The van der Waals surface area contributed by atoms with E-state index in [0.717, 1.165) is 43.9 Å². The molecule has 0 aromatic heterocycles. The van der Waals surface area contributed by atoms with Gasteiger partial charge in [0.25, 0.3) is 0 Å². The van der Waals surface area contributed by atoms with Gasteiger partial charge in [-0.1, -0.05) is 19.0 Å². The highest BCUT2D eigenvalue weighted by atomic mass is 16.5. The number of ether oxygens (including phenoxy) is 1. The van der Waals surface area contributed by atoms with Crippen LogP contribution in [-0.4, -0.2) is 38.5 Å². The van der Waals surface area contributed by atoms with Gasteiger partial charge in [-0.3, -0.25) is 4.90 Å². The smallest absolute Gasteiger partial charge is 0.124 e. The summed E-state index contributed by atoms with van der Waals surface area (Å²) in [6.07, 6.45) is 2.76. The predicted molar refractivity (Wildman–Crippen MR) is 89.0 cm³/mol. The minimum Gasteiger partial charge on any atom is -0.487 e. The maximum Gasteiger partial charge on any atom is 0.124 e. The average Bonchev–Trinajstić information content (AvgIpc) is 2.39. The van der Waals surface area contributed by atoms with Gasteiger partial charge in [-0.25, -0.2) is 0 Å². The highest BCUT2D eigenvalue weighted by molar-refractivity contribution is 6.08. The van der Waals surface area contributed by atoms with Crippen LogP contribution in [0.2, 0.25) is 6.32 Å². The first-order chi connectivity index (χ1) is 10.0. The third-order valence-corrected chi connectivity index (χ3v) is 4.23. The van der Waals surface area contributed by atoms with E-state index in [2.05, 4.69) is 37.5 Å². The van der Waals surface area contributed by atoms with Crippen molar-refractivity contribution in [3.63, 3.8) is 0 Å². The summed E-state index contributed by atoms with van der Waals surface area (Å²) in [5.74, 6) is 1.00. The quantitative estimate of drug-likeness (QED) is 0.781. The van der Waals surface area contributed by atoms with E-state index in [1.807, 2.05) is 0 Å². The second-order valence-electron chi connectivity index (χ2n) is 5.92. The van der Waals surface area contributed by atoms with Crippen molar-refractivity contribution in [1.82, 2.24) is 4.90 Å². The number of likely N-dealkylation sites (tertiary alicyclic amines) is 1. The number of hydrogen-bond acceptors (Lipinski definition) is 3. The van der Waals surface area contributed by atoms with Crippen molar-refractivity contribution in [3.05, 3.63) is 41.1 Å². The molecule has 1 saturated heterocycles. The molecule has 0 unspecified atom stereocenters. The molecule has 0 saturated carbocycles. The molecule has 0 atom stereocenters. The van der Waals surface area contributed by atoms with Crippen LogP contribution in [0.5, 0.6) is 5.75 Å². The van der Waals surface area contributed by atoms with Crippen molar-refractivity contribution < 1.29 is 4.74 Å². The normalized spacial score (nSPS) is 15.7. The molecule has 21 heavy (non-hydrogen) atoms. The van der Waals surface area contributed by atoms with Gasteiger partial charge in [-0.2, -0.15) is 0 Å². The molecule has 2 N–H and O–H groups in total. The fourth-order valence-corrected chi connectivity index (χ4v) is 2.67. The van der Waals surface area contributed by atoms with Crippen molar-refractivity contribution in [2.45, 2.75) is 39.1 Å². The van der Waals surface area contributed by atoms with Gasteiger partial charge in [0, 0.05) is 25.3 Å². The minimum atomic E-state index is 0.287. The summed E-state index contributed by atoms with van der Waals surface area (Å²) < 4.78 is 6.11. The van der Waals surface area contributed by atoms with E-state index < -0.39 is 0 Å². The van der Waals surface area contributed by atoms with Crippen molar-refractivity contribution in [2.24, 2.45) is 5.73 Å². The Morgan fingerprint density at radius 1 is 1.38 bits per heavy atom. The van der Waals surface area contributed by atoms with Gasteiger partial charge < -0.3 is 10.5 Å². The number of benzene rings is 1. The van der Waals surface area contributed by atoms with Crippen molar-refractivity contribution in [2.75, 3.05) is 19.6 Å². The lowest BCUT2D eigenvalue weighted by molar-refractivity contribution is 0.0204. The number of nitrogens with zero attached hydrogens (tertiary/aromatic N) is 1. The van der Waals surface area contributed by atoms with E-state index in [1.165, 1.54) is 16.7 Å². The Morgan fingerprint density at radius 2 is 2.10 bits per heavy atom. The lowest BCUT2D eigenvalue weighted by Crippen LogP contribution is -2.54. The van der Waals surface area contributed by atoms with E-state index in [0.29, 0.717) is 6.32 Å². The molecule has 112 valence electrons. The third-order valence-electron chi connectivity index (χ3n) is 4.23. The van der Waals surface area contributed by atoms with Gasteiger partial charge in [0.1, 0.15) is 11.9 Å². The minimum absolute atomic E-state index is 0.287. The lowest BCUT2D eigenvalue weighted by atomic mass is 9.92. The van der Waals surface area contributed by atoms with Crippen LogP contribution < -0.4 is 10.5 Å². The fourth-order valence-electron chi connectivity index (χ4n) is 2.67. The molecule has 1 heterocycles. The first-order valence-corrected chi connectivity index (χ1v) is 7.62. The maximum atomic E-state index is 6.11. The van der Waals surface area contributed by atoms with Crippen LogP contribution in [0.1, 0.15) is 23.1 Å². The van der Waals surface area contributed by atoms with Gasteiger partial charge in [0.05, 0.1) is 7.85 Å². The fraction of sp³-hybridized carbons (Fsp3) is 0.529. The molecule has 0 amide bonds. The SMILES string of the molecule is [B]CCc1ccc(OC2CN(CCC(=C)N)C2)c(C)c1C. The molecule has 1 aromatic rings. The first-order valence-electron chi connectivity index (χ1n) is 7.62. The first kappa shape index (κ1) is 16.0. The molecular formula is C17H25BN2O. The van der Waals surface area contributed by atoms with E-state index in [4.69, 9.17) is 18.3 Å². The van der Waals surface area contributed by atoms with E-state index in [-0.39, 0.29) is 6.10 Å². The van der Waals surface area contributed by atoms with Gasteiger partial charge in [-0.15, -0.1) is 0 Å². The molecule has 2 rings (SSSR count). The second-order valence-corrected chi connectivity index (χ2v) is 5.92. The zero-order chi connectivity index (χ0) is 15.4. The maximum absolute atomic E-state index is 6.11. The standard InChI is InChI=1S/C17H25BN2O/c1-12(19)7-9-20-10-16(11-20)21-17-5-4-15(6-8-18)13(2)14(17)3/h4-5,16H,1,6-11,19H2,2-3H3. The zero-order valence-corrected chi connectivity index (χ0v) is 13.2. The number of rotatable bonds is 7. The highest BCUT2D eigenvalue weighted by Crippen LogP contribution is 2.27. The largest absolute Gasteiger partial charge is 0.487 e. The molecule has 0 spiro atoms. The monoisotopic (exact) mass is 284 g/mol. The molecular weight excluding hydrogens is 259 g/mol. The number of nitrogens with two attached hydrogens (primary N) is 1. The zero-order valence-electron chi connectivity index (χ0n) is 13.2. The topological polar surface area (TPSA) is 38.5 Å². The summed E-state index contributed by atoms with van der Waals surface area (Å²) in [5.41, 5.74) is 10.2. The van der Waals surface area contributed by atoms with Crippen molar-refractivity contribution in [3.8, 4) is 5.75 Å². The summed E-state index contributed by atoms with van der Waals surface area (Å²) >= 11 is 0. The molecule has 0 bridgehead atoms. The van der Waals surface area contributed by atoms with Crippen LogP contribution in [0.25, 0.3) is 0 Å². The Morgan fingerprint density at radius 3 is 2.71 bits per heavy atom. The van der Waals surface area contributed by atoms with Gasteiger partial charge in [0.2, 0.25) is 0 Å². The van der Waals surface area contributed by atoms with Crippen molar-refractivity contribution in [1.29, 1.82) is 0 Å². The molecule has 0 aliphatic carbocycles. The summed E-state index contributed by atoms with van der Waals surface area (Å²) in [6, 6.07) is 4.22. The number of hydrogen-bond donors (Lipinski definition) is 1. The Kier molecular flexibility index (Phi) is 5.35. The average molecular weight is 284 g/mol. The van der Waals surface area contributed by atoms with Crippen LogP contribution in [0.4, 0.5) is 0 Å². The lowest BCUT2D eigenvalue weighted by Gasteiger charge is -2.39. The second kappa shape index (κ2) is 7.03.